The molecular weight excluding hydrogens is 368 g/mol. The third kappa shape index (κ3) is 5.48. The molecule has 0 atom stereocenters. The third-order valence-corrected chi connectivity index (χ3v) is 4.55. The van der Waals surface area contributed by atoms with Gasteiger partial charge in [0.15, 0.2) is 0 Å². The van der Waals surface area contributed by atoms with Crippen LogP contribution in [0, 0.1) is 10.1 Å². The average Bonchev–Trinajstić information content (AvgIpc) is 2.75. The summed E-state index contributed by atoms with van der Waals surface area (Å²) in [7, 11) is 0. The van der Waals surface area contributed by atoms with Gasteiger partial charge in [0.25, 0.3) is 5.69 Å². The quantitative estimate of drug-likeness (QED) is 0.164. The maximum atomic E-state index is 12.3. The number of carbonyl (C=O) groups excluding carboxylic acids is 1. The predicted molar refractivity (Wildman–Crippen MR) is 111 cm³/mol. The summed E-state index contributed by atoms with van der Waals surface area (Å²) in [6, 6.07) is 16.5. The summed E-state index contributed by atoms with van der Waals surface area (Å²) in [6.07, 6.45) is 6.51. The summed E-state index contributed by atoms with van der Waals surface area (Å²) in [5.74, 6) is -0.440. The minimum absolute atomic E-state index is 0.130. The van der Waals surface area contributed by atoms with Gasteiger partial charge in [0, 0.05) is 17.8 Å². The van der Waals surface area contributed by atoms with E-state index in [4.69, 9.17) is 4.74 Å². The van der Waals surface area contributed by atoms with Crippen LogP contribution >= 0.6 is 0 Å². The molecule has 1 aromatic heterocycles. The van der Waals surface area contributed by atoms with Crippen LogP contribution in [0.5, 0.6) is 5.75 Å². The van der Waals surface area contributed by atoms with Crippen LogP contribution in [0.3, 0.4) is 0 Å². The fraction of sp³-hybridized carbons (Fsp3) is 0.217. The first kappa shape index (κ1) is 20.2. The summed E-state index contributed by atoms with van der Waals surface area (Å²) < 4.78 is 5.24. The van der Waals surface area contributed by atoms with Gasteiger partial charge in [-0.1, -0.05) is 44.0 Å². The molecule has 0 saturated heterocycles. The molecule has 0 spiro atoms. The second-order valence-corrected chi connectivity index (χ2v) is 6.73. The Kier molecular flexibility index (Phi) is 6.68. The van der Waals surface area contributed by atoms with Gasteiger partial charge in [-0.15, -0.1) is 0 Å². The van der Waals surface area contributed by atoms with Gasteiger partial charge in [-0.25, -0.2) is 4.79 Å². The molecule has 2 aromatic carbocycles. The van der Waals surface area contributed by atoms with Crippen LogP contribution in [0.2, 0.25) is 0 Å². The number of unbranched alkanes of at least 4 members (excludes halogenated alkanes) is 2. The van der Waals surface area contributed by atoms with Gasteiger partial charge in [-0.3, -0.25) is 15.1 Å². The van der Waals surface area contributed by atoms with Crippen molar-refractivity contribution in [1.82, 2.24) is 4.98 Å². The first-order valence-electron chi connectivity index (χ1n) is 9.59. The van der Waals surface area contributed by atoms with Crippen molar-refractivity contribution in [3.8, 4) is 17.0 Å². The summed E-state index contributed by atoms with van der Waals surface area (Å²) in [5.41, 5.74) is 3.19. The number of nitro benzene ring substituents is 1. The van der Waals surface area contributed by atoms with E-state index in [2.05, 4.69) is 18.0 Å². The van der Waals surface area contributed by atoms with E-state index in [1.165, 1.54) is 49.1 Å². The largest absolute Gasteiger partial charge is 0.423 e. The lowest BCUT2D eigenvalue weighted by Crippen LogP contribution is -2.08. The Hall–Kier alpha value is -3.54. The van der Waals surface area contributed by atoms with E-state index in [-0.39, 0.29) is 11.4 Å². The highest BCUT2D eigenvalue weighted by atomic mass is 16.6. The lowest BCUT2D eigenvalue weighted by atomic mass is 10.1. The molecule has 0 aliphatic rings. The zero-order valence-corrected chi connectivity index (χ0v) is 16.2. The van der Waals surface area contributed by atoms with Crippen molar-refractivity contribution in [2.45, 2.75) is 32.6 Å². The maximum Gasteiger partial charge on any atom is 0.343 e. The van der Waals surface area contributed by atoms with Gasteiger partial charge in [0.2, 0.25) is 0 Å². The summed E-state index contributed by atoms with van der Waals surface area (Å²) >= 11 is 0. The lowest BCUT2D eigenvalue weighted by Gasteiger charge is -2.06. The van der Waals surface area contributed by atoms with E-state index < -0.39 is 10.9 Å². The molecular formula is C23H22N2O4. The number of ether oxygens (including phenoxy) is 1. The zero-order valence-electron chi connectivity index (χ0n) is 16.2. The standard InChI is InChI=1S/C23H22N2O4/c1-2-3-4-6-17-9-14-22(24-16-17)18-10-12-19(13-11-18)23(26)29-21-8-5-7-20(15-21)25(27)28/h5,7-16H,2-4,6H2,1H3. The number of rotatable bonds is 8. The Morgan fingerprint density at radius 2 is 1.86 bits per heavy atom. The Bertz CT molecular complexity index is 983. The van der Waals surface area contributed by atoms with Crippen molar-refractivity contribution in [3.05, 3.63) is 88.1 Å². The fourth-order valence-corrected chi connectivity index (χ4v) is 2.93. The van der Waals surface area contributed by atoms with Crippen LogP contribution in [0.25, 0.3) is 11.3 Å². The number of nitrogens with zero attached hydrogens (tertiary/aromatic N) is 2. The van der Waals surface area contributed by atoms with Crippen molar-refractivity contribution in [1.29, 1.82) is 0 Å². The van der Waals surface area contributed by atoms with Crippen LogP contribution in [-0.2, 0) is 6.42 Å². The zero-order chi connectivity index (χ0) is 20.6. The second-order valence-electron chi connectivity index (χ2n) is 6.73. The van der Waals surface area contributed by atoms with E-state index in [0.717, 1.165) is 17.7 Å². The molecule has 148 valence electrons. The number of hydrogen-bond acceptors (Lipinski definition) is 5. The molecule has 0 amide bonds. The molecule has 1 heterocycles. The molecule has 0 aliphatic heterocycles. The highest BCUT2D eigenvalue weighted by molar-refractivity contribution is 5.91. The number of hydrogen-bond donors (Lipinski definition) is 0. The Morgan fingerprint density at radius 1 is 1.07 bits per heavy atom. The van der Waals surface area contributed by atoms with Crippen molar-refractivity contribution in [3.63, 3.8) is 0 Å². The van der Waals surface area contributed by atoms with Gasteiger partial charge < -0.3 is 4.74 Å². The molecule has 0 aliphatic carbocycles. The fourth-order valence-electron chi connectivity index (χ4n) is 2.93. The summed E-state index contributed by atoms with van der Waals surface area (Å²) in [4.78, 5) is 27.1. The van der Waals surface area contributed by atoms with Gasteiger partial charge in [0.1, 0.15) is 5.75 Å². The van der Waals surface area contributed by atoms with Gasteiger partial charge in [0.05, 0.1) is 22.2 Å². The first-order chi connectivity index (χ1) is 14.1. The molecule has 29 heavy (non-hydrogen) atoms. The normalized spacial score (nSPS) is 10.5. The van der Waals surface area contributed by atoms with Gasteiger partial charge >= 0.3 is 5.97 Å². The van der Waals surface area contributed by atoms with Crippen molar-refractivity contribution in [2.75, 3.05) is 0 Å². The number of aromatic nitrogens is 1. The van der Waals surface area contributed by atoms with E-state index in [1.54, 1.807) is 12.1 Å². The topological polar surface area (TPSA) is 82.3 Å². The van der Waals surface area contributed by atoms with Crippen LogP contribution in [-0.4, -0.2) is 15.9 Å². The van der Waals surface area contributed by atoms with Gasteiger partial charge in [-0.05, 0) is 42.7 Å². The number of pyridine rings is 1. The first-order valence-corrected chi connectivity index (χ1v) is 9.59. The molecule has 0 unspecified atom stereocenters. The number of nitro groups is 1. The van der Waals surface area contributed by atoms with E-state index in [0.29, 0.717) is 5.56 Å². The molecule has 0 N–H and O–H groups in total. The van der Waals surface area contributed by atoms with Crippen LogP contribution in [0.1, 0.15) is 42.1 Å². The summed E-state index contributed by atoms with van der Waals surface area (Å²) in [6.45, 7) is 2.19. The minimum Gasteiger partial charge on any atom is -0.423 e. The third-order valence-electron chi connectivity index (χ3n) is 4.55. The lowest BCUT2D eigenvalue weighted by molar-refractivity contribution is -0.384. The van der Waals surface area contributed by atoms with Crippen LogP contribution in [0.15, 0.2) is 66.9 Å². The van der Waals surface area contributed by atoms with E-state index in [1.807, 2.05) is 24.4 Å². The minimum atomic E-state index is -0.573. The number of non-ortho nitro benzene ring substituents is 1. The number of esters is 1. The smallest absolute Gasteiger partial charge is 0.343 e. The van der Waals surface area contributed by atoms with Gasteiger partial charge in [-0.2, -0.15) is 0 Å². The van der Waals surface area contributed by atoms with E-state index in [9.17, 15) is 14.9 Å². The van der Waals surface area contributed by atoms with Crippen LogP contribution in [0.4, 0.5) is 5.69 Å². The monoisotopic (exact) mass is 390 g/mol. The highest BCUT2D eigenvalue weighted by Gasteiger charge is 2.12. The van der Waals surface area contributed by atoms with E-state index >= 15 is 0 Å². The average molecular weight is 390 g/mol. The molecule has 6 nitrogen and oxygen atoms in total. The number of aryl methyl sites for hydroxylation is 1. The molecule has 6 heteroatoms. The van der Waals surface area contributed by atoms with Crippen LogP contribution < -0.4 is 4.74 Å². The van der Waals surface area contributed by atoms with Crippen molar-refractivity contribution < 1.29 is 14.5 Å². The Labute approximate surface area is 169 Å². The Morgan fingerprint density at radius 3 is 2.52 bits per heavy atom. The second kappa shape index (κ2) is 9.59. The molecule has 3 rings (SSSR count). The summed E-state index contributed by atoms with van der Waals surface area (Å²) in [5, 5.41) is 10.8. The predicted octanol–water partition coefficient (Wildman–Crippen LogP) is 5.61. The molecule has 0 saturated carbocycles. The maximum absolute atomic E-state index is 12.3. The number of carbonyl (C=O) groups is 1. The molecule has 0 radical (unpaired) electrons. The number of benzene rings is 2. The Balaban J connectivity index is 1.65. The SMILES string of the molecule is CCCCCc1ccc(-c2ccc(C(=O)Oc3cccc([N+](=O)[O-])c3)cc2)nc1. The van der Waals surface area contributed by atoms with Crippen molar-refractivity contribution >= 4 is 11.7 Å². The highest BCUT2D eigenvalue weighted by Crippen LogP contribution is 2.22. The van der Waals surface area contributed by atoms with Crippen molar-refractivity contribution in [2.24, 2.45) is 0 Å². The molecule has 0 fully saturated rings. The molecule has 0 bridgehead atoms. The molecule has 3 aromatic rings.